The molecule has 7 heteroatoms. The number of carbonyl (C=O) groups excluding carboxylic acids is 1. The summed E-state index contributed by atoms with van der Waals surface area (Å²) in [6.07, 6.45) is 1.30. The lowest BCUT2D eigenvalue weighted by molar-refractivity contribution is -0.114. The van der Waals surface area contributed by atoms with E-state index in [4.69, 9.17) is 15.2 Å². The van der Waals surface area contributed by atoms with Crippen LogP contribution in [0.2, 0.25) is 0 Å². The maximum Gasteiger partial charge on any atom is 0.249 e. The van der Waals surface area contributed by atoms with Crippen LogP contribution in [0.25, 0.3) is 0 Å². The molecule has 1 aromatic heterocycles. The van der Waals surface area contributed by atoms with E-state index >= 15 is 0 Å². The summed E-state index contributed by atoms with van der Waals surface area (Å²) < 4.78 is 10.9. The van der Waals surface area contributed by atoms with Gasteiger partial charge in [0.2, 0.25) is 17.7 Å². The zero-order valence-electron chi connectivity index (χ0n) is 11.8. The van der Waals surface area contributed by atoms with E-state index in [1.165, 1.54) is 13.3 Å². The van der Waals surface area contributed by atoms with Gasteiger partial charge in [0.05, 0.1) is 12.3 Å². The molecule has 21 heavy (non-hydrogen) atoms. The molecule has 0 fully saturated rings. The number of ether oxygens (including phenoxy) is 2. The summed E-state index contributed by atoms with van der Waals surface area (Å²) in [7, 11) is 0. The van der Waals surface area contributed by atoms with Crippen LogP contribution in [0.3, 0.4) is 0 Å². The number of para-hydroxylation sites is 2. The van der Waals surface area contributed by atoms with Crippen LogP contribution in [0.1, 0.15) is 13.8 Å². The third-order valence-electron chi connectivity index (χ3n) is 2.50. The fourth-order valence-electron chi connectivity index (χ4n) is 1.65. The lowest BCUT2D eigenvalue weighted by atomic mass is 10.3. The highest BCUT2D eigenvalue weighted by atomic mass is 16.5. The summed E-state index contributed by atoms with van der Waals surface area (Å²) in [5.74, 6) is 0.669. The van der Waals surface area contributed by atoms with Crippen LogP contribution < -0.4 is 20.5 Å². The molecule has 0 spiro atoms. The van der Waals surface area contributed by atoms with Crippen molar-refractivity contribution in [2.75, 3.05) is 17.7 Å². The first-order valence-electron chi connectivity index (χ1n) is 6.39. The molecule has 0 saturated heterocycles. The van der Waals surface area contributed by atoms with Crippen molar-refractivity contribution in [2.45, 2.75) is 13.8 Å². The van der Waals surface area contributed by atoms with Crippen molar-refractivity contribution in [1.29, 1.82) is 0 Å². The molecule has 0 aliphatic heterocycles. The summed E-state index contributed by atoms with van der Waals surface area (Å²) in [5.41, 5.74) is 6.64. The van der Waals surface area contributed by atoms with Gasteiger partial charge in [-0.1, -0.05) is 12.1 Å². The Morgan fingerprint density at radius 1 is 1.29 bits per heavy atom. The van der Waals surface area contributed by atoms with Gasteiger partial charge >= 0.3 is 0 Å². The minimum Gasteiger partial charge on any atom is -0.476 e. The number of rotatable bonds is 5. The number of nitrogens with two attached hydrogens (primary N) is 1. The third-order valence-corrected chi connectivity index (χ3v) is 2.50. The van der Waals surface area contributed by atoms with E-state index in [0.29, 0.717) is 18.0 Å². The molecule has 0 aliphatic carbocycles. The fourth-order valence-corrected chi connectivity index (χ4v) is 1.65. The van der Waals surface area contributed by atoms with Gasteiger partial charge < -0.3 is 20.5 Å². The first kappa shape index (κ1) is 14.6. The number of nitrogens with zero attached hydrogens (tertiary/aromatic N) is 2. The summed E-state index contributed by atoms with van der Waals surface area (Å²) in [6.45, 7) is 3.68. The number of nitrogen functional groups attached to an aromatic ring is 1. The summed E-state index contributed by atoms with van der Waals surface area (Å²) in [6, 6.07) is 6.99. The van der Waals surface area contributed by atoms with Gasteiger partial charge in [-0.15, -0.1) is 0 Å². The second kappa shape index (κ2) is 6.56. The molecule has 0 unspecified atom stereocenters. The minimum atomic E-state index is -0.197. The van der Waals surface area contributed by atoms with Crippen LogP contribution in [-0.2, 0) is 4.79 Å². The number of amides is 1. The number of aromatic nitrogens is 2. The van der Waals surface area contributed by atoms with E-state index in [-0.39, 0.29) is 23.4 Å². The number of carbonyl (C=O) groups is 1. The largest absolute Gasteiger partial charge is 0.476 e. The molecule has 0 saturated carbocycles. The Balaban J connectivity index is 2.30. The standard InChI is InChI=1S/C14H16N4O3/c1-3-20-13-12(15)14(17-8-16-13)21-11-7-5-4-6-10(11)18-9(2)19/h4-8H,3,15H2,1-2H3,(H,18,19). The number of nitrogens with one attached hydrogen (secondary N) is 1. The first-order chi connectivity index (χ1) is 10.1. The van der Waals surface area contributed by atoms with E-state index in [1.54, 1.807) is 24.3 Å². The van der Waals surface area contributed by atoms with Crippen molar-refractivity contribution in [3.05, 3.63) is 30.6 Å². The van der Waals surface area contributed by atoms with Crippen molar-refractivity contribution >= 4 is 17.3 Å². The lowest BCUT2D eigenvalue weighted by Crippen LogP contribution is -2.07. The zero-order valence-corrected chi connectivity index (χ0v) is 11.8. The van der Waals surface area contributed by atoms with Gasteiger partial charge in [-0.05, 0) is 19.1 Å². The lowest BCUT2D eigenvalue weighted by Gasteiger charge is -2.13. The molecule has 0 bridgehead atoms. The second-order valence-corrected chi connectivity index (χ2v) is 4.11. The topological polar surface area (TPSA) is 99.4 Å². The van der Waals surface area contributed by atoms with E-state index in [0.717, 1.165) is 0 Å². The molecular formula is C14H16N4O3. The van der Waals surface area contributed by atoms with Crippen LogP contribution in [0, 0.1) is 0 Å². The molecular weight excluding hydrogens is 272 g/mol. The molecule has 1 aromatic carbocycles. The maximum absolute atomic E-state index is 11.2. The third kappa shape index (κ3) is 3.59. The van der Waals surface area contributed by atoms with Crippen LogP contribution in [-0.4, -0.2) is 22.5 Å². The SMILES string of the molecule is CCOc1ncnc(Oc2ccccc2NC(C)=O)c1N. The van der Waals surface area contributed by atoms with E-state index in [1.807, 2.05) is 6.92 Å². The van der Waals surface area contributed by atoms with E-state index in [9.17, 15) is 4.79 Å². The van der Waals surface area contributed by atoms with Gasteiger partial charge in [0, 0.05) is 6.92 Å². The molecule has 2 aromatic rings. The van der Waals surface area contributed by atoms with Crippen LogP contribution in [0.5, 0.6) is 17.5 Å². The monoisotopic (exact) mass is 288 g/mol. The predicted molar refractivity (Wildman–Crippen MR) is 78.4 cm³/mol. The van der Waals surface area contributed by atoms with Crippen molar-refractivity contribution in [3.63, 3.8) is 0 Å². The second-order valence-electron chi connectivity index (χ2n) is 4.11. The average molecular weight is 288 g/mol. The molecule has 2 rings (SSSR count). The van der Waals surface area contributed by atoms with Crippen LogP contribution >= 0.6 is 0 Å². The molecule has 3 N–H and O–H groups in total. The van der Waals surface area contributed by atoms with Gasteiger partial charge in [-0.2, -0.15) is 9.97 Å². The molecule has 7 nitrogen and oxygen atoms in total. The summed E-state index contributed by atoms with van der Waals surface area (Å²) in [4.78, 5) is 19.1. The smallest absolute Gasteiger partial charge is 0.249 e. The molecule has 0 atom stereocenters. The fraction of sp³-hybridized carbons (Fsp3) is 0.214. The van der Waals surface area contributed by atoms with Gasteiger partial charge in [0.15, 0.2) is 11.4 Å². The Bertz CT molecular complexity index is 646. The van der Waals surface area contributed by atoms with Crippen molar-refractivity contribution in [1.82, 2.24) is 9.97 Å². The van der Waals surface area contributed by atoms with Crippen molar-refractivity contribution in [3.8, 4) is 17.5 Å². The number of hydrogen-bond donors (Lipinski definition) is 2. The summed E-state index contributed by atoms with van der Waals surface area (Å²) in [5, 5.41) is 2.67. The van der Waals surface area contributed by atoms with Gasteiger partial charge in [0.1, 0.15) is 6.33 Å². The van der Waals surface area contributed by atoms with Crippen LogP contribution in [0.4, 0.5) is 11.4 Å². The van der Waals surface area contributed by atoms with E-state index in [2.05, 4.69) is 15.3 Å². The first-order valence-corrected chi connectivity index (χ1v) is 6.39. The average Bonchev–Trinajstić information content (AvgIpc) is 2.45. The zero-order chi connectivity index (χ0) is 15.2. The molecule has 110 valence electrons. The maximum atomic E-state index is 11.2. The van der Waals surface area contributed by atoms with Crippen molar-refractivity contribution in [2.24, 2.45) is 0 Å². The number of anilines is 2. The van der Waals surface area contributed by atoms with Crippen LogP contribution in [0.15, 0.2) is 30.6 Å². The van der Waals surface area contributed by atoms with E-state index < -0.39 is 0 Å². The molecule has 0 radical (unpaired) electrons. The highest BCUT2D eigenvalue weighted by Gasteiger charge is 2.13. The highest BCUT2D eigenvalue weighted by Crippen LogP contribution is 2.34. The predicted octanol–water partition coefficient (Wildman–Crippen LogP) is 2.21. The quantitative estimate of drug-likeness (QED) is 0.875. The Hall–Kier alpha value is -2.83. The Labute approximate surface area is 122 Å². The normalized spacial score (nSPS) is 10.0. The number of hydrogen-bond acceptors (Lipinski definition) is 6. The molecule has 0 aliphatic rings. The van der Waals surface area contributed by atoms with Gasteiger partial charge in [-0.25, -0.2) is 0 Å². The Morgan fingerprint density at radius 3 is 2.71 bits per heavy atom. The number of benzene rings is 1. The highest BCUT2D eigenvalue weighted by molar-refractivity contribution is 5.90. The Morgan fingerprint density at radius 2 is 2.00 bits per heavy atom. The molecule has 1 heterocycles. The molecule has 1 amide bonds. The Kier molecular flexibility index (Phi) is 4.55. The van der Waals surface area contributed by atoms with Crippen molar-refractivity contribution < 1.29 is 14.3 Å². The minimum absolute atomic E-state index is 0.172. The van der Waals surface area contributed by atoms with Gasteiger partial charge in [-0.3, -0.25) is 4.79 Å². The van der Waals surface area contributed by atoms with Gasteiger partial charge in [0.25, 0.3) is 0 Å². The summed E-state index contributed by atoms with van der Waals surface area (Å²) >= 11 is 0.